The molecule has 0 aliphatic heterocycles. The lowest BCUT2D eigenvalue weighted by molar-refractivity contribution is -0.139. The smallest absolute Gasteiger partial charge is 0.244 e. The van der Waals surface area contributed by atoms with Crippen LogP contribution in [-0.4, -0.2) is 50.5 Å². The summed E-state index contributed by atoms with van der Waals surface area (Å²) in [5.74, 6) is -0.836. The summed E-state index contributed by atoms with van der Waals surface area (Å²) in [6.45, 7) is 9.92. The van der Waals surface area contributed by atoms with Gasteiger partial charge in [0.2, 0.25) is 21.8 Å². The minimum absolute atomic E-state index is 0.0542. The lowest BCUT2D eigenvalue weighted by Gasteiger charge is -2.31. The molecule has 1 atom stereocenters. The molecule has 0 saturated carbocycles. The monoisotopic (exact) mass is 569 g/mol. The number of hydrogen-bond donors (Lipinski definition) is 1. The van der Waals surface area contributed by atoms with Gasteiger partial charge in [-0.2, -0.15) is 0 Å². The molecule has 1 N–H and O–H groups in total. The van der Waals surface area contributed by atoms with Gasteiger partial charge in [-0.1, -0.05) is 75.5 Å². The molecule has 0 fully saturated rings. The van der Waals surface area contributed by atoms with Crippen molar-refractivity contribution in [2.45, 2.75) is 65.5 Å². The van der Waals surface area contributed by atoms with Crippen LogP contribution in [0.4, 0.5) is 5.69 Å². The lowest BCUT2D eigenvalue weighted by Crippen LogP contribution is -2.51. The van der Waals surface area contributed by atoms with E-state index in [-0.39, 0.29) is 17.9 Å². The number of halogens is 2. The van der Waals surface area contributed by atoms with Crippen molar-refractivity contribution in [3.8, 4) is 0 Å². The van der Waals surface area contributed by atoms with Crippen LogP contribution in [0.15, 0.2) is 42.5 Å². The van der Waals surface area contributed by atoms with Gasteiger partial charge in [0.1, 0.15) is 12.6 Å². The fourth-order valence-electron chi connectivity index (χ4n) is 3.69. The van der Waals surface area contributed by atoms with Gasteiger partial charge in [0.25, 0.3) is 0 Å². The molecule has 0 unspecified atom stereocenters. The van der Waals surface area contributed by atoms with Crippen LogP contribution in [0.1, 0.15) is 58.6 Å². The molecule has 2 amide bonds. The maximum Gasteiger partial charge on any atom is 0.244 e. The van der Waals surface area contributed by atoms with E-state index >= 15 is 0 Å². The first-order valence-electron chi connectivity index (χ1n) is 12.2. The first-order valence-corrected chi connectivity index (χ1v) is 14.8. The van der Waals surface area contributed by atoms with Crippen LogP contribution in [0.5, 0.6) is 0 Å². The Morgan fingerprint density at radius 1 is 1.03 bits per heavy atom. The maximum absolute atomic E-state index is 13.6. The molecule has 37 heavy (non-hydrogen) atoms. The molecule has 0 bridgehead atoms. The third-order valence-electron chi connectivity index (χ3n) is 6.03. The summed E-state index contributed by atoms with van der Waals surface area (Å²) in [4.78, 5) is 27.9. The van der Waals surface area contributed by atoms with Crippen molar-refractivity contribution in [3.05, 3.63) is 63.6 Å². The second kappa shape index (κ2) is 13.0. The van der Waals surface area contributed by atoms with Crippen molar-refractivity contribution < 1.29 is 18.0 Å². The molecule has 2 rings (SSSR count). The highest BCUT2D eigenvalue weighted by Gasteiger charge is 2.30. The molecule has 10 heteroatoms. The largest absolute Gasteiger partial charge is 0.354 e. The number of unbranched alkanes of at least 4 members (excludes halogenated alkanes) is 1. The SMILES string of the molecule is CCCCNC(=O)[C@H](C)N(Cc1ccc(Cl)c(Cl)c1)C(=O)CN(c1ccc(C(C)(C)C)cc1)S(C)(=O)=O. The summed E-state index contributed by atoms with van der Waals surface area (Å²) in [7, 11) is -3.80. The fourth-order valence-corrected chi connectivity index (χ4v) is 4.87. The highest BCUT2D eigenvalue weighted by molar-refractivity contribution is 7.92. The number of benzene rings is 2. The standard InChI is InChI=1S/C27H37Cl2N3O4S/c1-7-8-15-30-26(34)19(2)31(17-20-9-14-23(28)24(29)16-20)25(33)18-32(37(6,35)36)22-12-10-21(11-13-22)27(3,4)5/h9-14,16,19H,7-8,15,17-18H2,1-6H3,(H,30,34)/t19-/m0/s1. The Morgan fingerprint density at radius 2 is 1.65 bits per heavy atom. The first kappa shape index (κ1) is 30.9. The van der Waals surface area contributed by atoms with Gasteiger partial charge in [-0.15, -0.1) is 0 Å². The predicted molar refractivity (Wildman–Crippen MR) is 152 cm³/mol. The molecule has 0 aromatic heterocycles. The third-order valence-corrected chi connectivity index (χ3v) is 7.91. The van der Waals surface area contributed by atoms with Crippen LogP contribution in [0.25, 0.3) is 0 Å². The minimum atomic E-state index is -3.80. The molecular formula is C27H37Cl2N3O4S. The number of rotatable bonds is 11. The summed E-state index contributed by atoms with van der Waals surface area (Å²) in [5.41, 5.74) is 1.96. The number of carbonyl (C=O) groups is 2. The molecular weight excluding hydrogens is 533 g/mol. The molecule has 0 saturated heterocycles. The Bertz CT molecular complexity index is 1200. The van der Waals surface area contributed by atoms with Gasteiger partial charge in [-0.05, 0) is 54.2 Å². The van der Waals surface area contributed by atoms with E-state index in [1.54, 1.807) is 37.3 Å². The van der Waals surface area contributed by atoms with E-state index in [1.807, 2.05) is 19.1 Å². The molecule has 2 aromatic carbocycles. The molecule has 0 radical (unpaired) electrons. The minimum Gasteiger partial charge on any atom is -0.354 e. The van der Waals surface area contributed by atoms with Crippen molar-refractivity contribution in [2.24, 2.45) is 0 Å². The molecule has 0 heterocycles. The maximum atomic E-state index is 13.6. The Labute approximate surface area is 231 Å². The number of anilines is 1. The summed E-state index contributed by atoms with van der Waals surface area (Å²) in [5, 5.41) is 3.54. The summed E-state index contributed by atoms with van der Waals surface area (Å²) in [6, 6.07) is 11.2. The van der Waals surface area contributed by atoms with E-state index in [1.165, 1.54) is 4.90 Å². The van der Waals surface area contributed by atoms with Crippen LogP contribution in [0.2, 0.25) is 10.0 Å². The normalized spacial score (nSPS) is 12.6. The van der Waals surface area contributed by atoms with Crippen molar-refractivity contribution in [3.63, 3.8) is 0 Å². The van der Waals surface area contributed by atoms with E-state index in [4.69, 9.17) is 23.2 Å². The van der Waals surface area contributed by atoms with Gasteiger partial charge in [-0.3, -0.25) is 13.9 Å². The van der Waals surface area contributed by atoms with Gasteiger partial charge in [0, 0.05) is 13.1 Å². The van der Waals surface area contributed by atoms with E-state index < -0.39 is 28.5 Å². The lowest BCUT2D eigenvalue weighted by atomic mass is 9.87. The quantitative estimate of drug-likeness (QED) is 0.367. The molecule has 0 spiro atoms. The number of nitrogens with one attached hydrogen (secondary N) is 1. The van der Waals surface area contributed by atoms with E-state index in [2.05, 4.69) is 26.1 Å². The van der Waals surface area contributed by atoms with E-state index in [9.17, 15) is 18.0 Å². The van der Waals surface area contributed by atoms with Crippen molar-refractivity contribution in [1.29, 1.82) is 0 Å². The topological polar surface area (TPSA) is 86.8 Å². The summed E-state index contributed by atoms with van der Waals surface area (Å²) in [6.07, 6.45) is 2.78. The summed E-state index contributed by atoms with van der Waals surface area (Å²) >= 11 is 12.2. The van der Waals surface area contributed by atoms with Gasteiger partial charge >= 0.3 is 0 Å². The third kappa shape index (κ3) is 8.90. The van der Waals surface area contributed by atoms with Crippen molar-refractivity contribution >= 4 is 50.7 Å². The van der Waals surface area contributed by atoms with Crippen LogP contribution >= 0.6 is 23.2 Å². The van der Waals surface area contributed by atoms with Crippen LogP contribution in [0, 0.1) is 0 Å². The van der Waals surface area contributed by atoms with Crippen LogP contribution in [-0.2, 0) is 31.6 Å². The zero-order valence-electron chi connectivity index (χ0n) is 22.3. The number of nitrogens with zero attached hydrogens (tertiary/aromatic N) is 2. The Morgan fingerprint density at radius 3 is 2.16 bits per heavy atom. The highest BCUT2D eigenvalue weighted by atomic mass is 35.5. The molecule has 7 nitrogen and oxygen atoms in total. The predicted octanol–water partition coefficient (Wildman–Crippen LogP) is 5.39. The Hall–Kier alpha value is -2.29. The highest BCUT2D eigenvalue weighted by Crippen LogP contribution is 2.27. The average Bonchev–Trinajstić information content (AvgIpc) is 2.81. The second-order valence-corrected chi connectivity index (χ2v) is 12.9. The number of hydrogen-bond acceptors (Lipinski definition) is 4. The molecule has 204 valence electrons. The number of sulfonamides is 1. The van der Waals surface area contributed by atoms with Gasteiger partial charge < -0.3 is 10.2 Å². The molecule has 2 aromatic rings. The van der Waals surface area contributed by atoms with E-state index in [0.717, 1.165) is 29.0 Å². The Balaban J connectivity index is 2.39. The number of amides is 2. The van der Waals surface area contributed by atoms with Crippen LogP contribution in [0.3, 0.4) is 0 Å². The zero-order chi connectivity index (χ0) is 28.0. The summed E-state index contributed by atoms with van der Waals surface area (Å²) < 4.78 is 26.5. The van der Waals surface area contributed by atoms with Gasteiger partial charge in [-0.25, -0.2) is 8.42 Å². The fraction of sp³-hybridized carbons (Fsp3) is 0.481. The van der Waals surface area contributed by atoms with Crippen molar-refractivity contribution in [2.75, 3.05) is 23.7 Å². The molecule has 0 aliphatic carbocycles. The van der Waals surface area contributed by atoms with Gasteiger partial charge in [0.15, 0.2) is 0 Å². The molecule has 0 aliphatic rings. The van der Waals surface area contributed by atoms with E-state index in [0.29, 0.717) is 27.8 Å². The second-order valence-electron chi connectivity index (χ2n) is 10.2. The van der Waals surface area contributed by atoms with Crippen LogP contribution < -0.4 is 9.62 Å². The van der Waals surface area contributed by atoms with Crippen molar-refractivity contribution in [1.82, 2.24) is 10.2 Å². The Kier molecular flexibility index (Phi) is 10.9. The zero-order valence-corrected chi connectivity index (χ0v) is 24.7. The average molecular weight is 571 g/mol. The number of carbonyl (C=O) groups excluding carboxylic acids is 2. The first-order chi connectivity index (χ1) is 17.1. The van der Waals surface area contributed by atoms with Gasteiger partial charge in [0.05, 0.1) is 22.0 Å².